The molecule has 2 N–H and O–H groups in total. The van der Waals surface area contributed by atoms with Gasteiger partial charge in [-0.2, -0.15) is 5.10 Å². The van der Waals surface area contributed by atoms with E-state index in [-0.39, 0.29) is 23.8 Å². The zero-order chi connectivity index (χ0) is 18.0. The normalized spacial score (nSPS) is 10.8. The molecule has 3 aromatic rings. The Labute approximate surface area is 142 Å². The zero-order valence-corrected chi connectivity index (χ0v) is 13.8. The lowest BCUT2D eigenvalue weighted by Crippen LogP contribution is -2.26. The summed E-state index contributed by atoms with van der Waals surface area (Å²) < 4.78 is 14.5. The van der Waals surface area contributed by atoms with Crippen molar-refractivity contribution in [2.24, 2.45) is 0 Å². The largest absolute Gasteiger partial charge is 0.504 e. The Kier molecular flexibility index (Phi) is 4.46. The Morgan fingerprint density at radius 3 is 2.72 bits per heavy atom. The SMILES string of the molecule is Cc1n[nH]c(C(=O)N(C)Cc2cn(Cc3ccc(F)cc3)nn2)c1O. The van der Waals surface area contributed by atoms with Gasteiger partial charge in [0, 0.05) is 7.05 Å². The summed E-state index contributed by atoms with van der Waals surface area (Å²) in [6.45, 7) is 2.27. The van der Waals surface area contributed by atoms with Crippen LogP contribution in [-0.4, -0.2) is 48.2 Å². The fraction of sp³-hybridized carbons (Fsp3) is 0.250. The number of amides is 1. The molecule has 0 atom stereocenters. The summed E-state index contributed by atoms with van der Waals surface area (Å²) in [5.74, 6) is -0.844. The van der Waals surface area contributed by atoms with Crippen LogP contribution in [0.25, 0.3) is 0 Å². The monoisotopic (exact) mass is 344 g/mol. The van der Waals surface area contributed by atoms with Crippen LogP contribution in [0.3, 0.4) is 0 Å². The third-order valence-electron chi connectivity index (χ3n) is 3.72. The van der Waals surface area contributed by atoms with Gasteiger partial charge in [0.25, 0.3) is 5.91 Å². The van der Waals surface area contributed by atoms with Gasteiger partial charge < -0.3 is 10.0 Å². The Morgan fingerprint density at radius 2 is 2.08 bits per heavy atom. The van der Waals surface area contributed by atoms with Crippen LogP contribution < -0.4 is 0 Å². The number of aryl methyl sites for hydroxylation is 1. The molecule has 2 aromatic heterocycles. The van der Waals surface area contributed by atoms with Gasteiger partial charge in [-0.3, -0.25) is 9.89 Å². The van der Waals surface area contributed by atoms with Crippen molar-refractivity contribution in [1.29, 1.82) is 0 Å². The average molecular weight is 344 g/mol. The molecule has 0 saturated heterocycles. The quantitative estimate of drug-likeness (QED) is 0.730. The summed E-state index contributed by atoms with van der Waals surface area (Å²) >= 11 is 0. The molecule has 2 heterocycles. The maximum absolute atomic E-state index is 12.9. The number of carbonyl (C=O) groups is 1. The maximum atomic E-state index is 12.9. The number of nitrogens with one attached hydrogen (secondary N) is 1. The summed E-state index contributed by atoms with van der Waals surface area (Å²) in [6.07, 6.45) is 1.71. The van der Waals surface area contributed by atoms with E-state index in [0.29, 0.717) is 17.9 Å². The van der Waals surface area contributed by atoms with Crippen LogP contribution >= 0.6 is 0 Å². The summed E-state index contributed by atoms with van der Waals surface area (Å²) in [6, 6.07) is 6.13. The van der Waals surface area contributed by atoms with Crippen molar-refractivity contribution >= 4 is 5.91 Å². The minimum absolute atomic E-state index is 0.0405. The van der Waals surface area contributed by atoms with Crippen molar-refractivity contribution in [2.45, 2.75) is 20.0 Å². The fourth-order valence-electron chi connectivity index (χ4n) is 2.35. The molecular weight excluding hydrogens is 327 g/mol. The Balaban J connectivity index is 1.65. The van der Waals surface area contributed by atoms with Crippen LogP contribution in [0.5, 0.6) is 5.75 Å². The average Bonchev–Trinajstić information content (AvgIpc) is 3.16. The predicted octanol–water partition coefficient (Wildman–Crippen LogP) is 1.47. The van der Waals surface area contributed by atoms with E-state index in [0.717, 1.165) is 5.56 Å². The van der Waals surface area contributed by atoms with Crippen LogP contribution in [-0.2, 0) is 13.1 Å². The van der Waals surface area contributed by atoms with Gasteiger partial charge in [-0.25, -0.2) is 9.07 Å². The number of rotatable bonds is 5. The molecule has 0 radical (unpaired) electrons. The molecule has 25 heavy (non-hydrogen) atoms. The van der Waals surface area contributed by atoms with Crippen LogP contribution in [0.2, 0.25) is 0 Å². The van der Waals surface area contributed by atoms with Crippen molar-refractivity contribution in [3.8, 4) is 5.75 Å². The second-order valence-electron chi connectivity index (χ2n) is 5.73. The molecule has 0 aliphatic carbocycles. The van der Waals surface area contributed by atoms with E-state index >= 15 is 0 Å². The second-order valence-corrected chi connectivity index (χ2v) is 5.73. The van der Waals surface area contributed by atoms with E-state index in [9.17, 15) is 14.3 Å². The van der Waals surface area contributed by atoms with Gasteiger partial charge in [0.05, 0.1) is 19.3 Å². The van der Waals surface area contributed by atoms with Crippen molar-refractivity contribution in [3.63, 3.8) is 0 Å². The first-order valence-corrected chi connectivity index (χ1v) is 7.57. The second kappa shape index (κ2) is 6.71. The lowest BCUT2D eigenvalue weighted by atomic mass is 10.2. The summed E-state index contributed by atoms with van der Waals surface area (Å²) in [7, 11) is 1.59. The molecule has 0 saturated carbocycles. The van der Waals surface area contributed by atoms with Gasteiger partial charge >= 0.3 is 0 Å². The predicted molar refractivity (Wildman–Crippen MR) is 86.3 cm³/mol. The van der Waals surface area contributed by atoms with E-state index < -0.39 is 5.91 Å². The summed E-state index contributed by atoms with van der Waals surface area (Å²) in [5.41, 5.74) is 1.88. The molecular formula is C16H17FN6O2. The van der Waals surface area contributed by atoms with Crippen molar-refractivity contribution in [1.82, 2.24) is 30.1 Å². The number of halogens is 1. The number of hydrogen-bond donors (Lipinski definition) is 2. The van der Waals surface area contributed by atoms with Gasteiger partial charge in [-0.1, -0.05) is 17.3 Å². The van der Waals surface area contributed by atoms with Crippen LogP contribution in [0.15, 0.2) is 30.5 Å². The lowest BCUT2D eigenvalue weighted by molar-refractivity contribution is 0.0774. The first kappa shape index (κ1) is 16.6. The van der Waals surface area contributed by atoms with E-state index in [4.69, 9.17) is 0 Å². The number of aromatic amines is 1. The third kappa shape index (κ3) is 3.65. The van der Waals surface area contributed by atoms with E-state index in [2.05, 4.69) is 20.5 Å². The van der Waals surface area contributed by atoms with Crippen molar-refractivity contribution < 1.29 is 14.3 Å². The molecule has 130 valence electrons. The number of aromatic hydroxyl groups is 1. The van der Waals surface area contributed by atoms with Crippen molar-refractivity contribution in [2.75, 3.05) is 7.05 Å². The molecule has 0 aliphatic heterocycles. The number of nitrogens with zero attached hydrogens (tertiary/aromatic N) is 5. The Bertz CT molecular complexity index is 886. The van der Waals surface area contributed by atoms with Crippen LogP contribution in [0.1, 0.15) is 27.4 Å². The van der Waals surface area contributed by atoms with E-state index in [1.54, 1.807) is 37.0 Å². The number of benzene rings is 1. The summed E-state index contributed by atoms with van der Waals surface area (Å²) in [4.78, 5) is 13.7. The molecule has 0 aliphatic rings. The number of aromatic nitrogens is 5. The Hall–Kier alpha value is -3.23. The molecule has 1 aromatic carbocycles. The highest BCUT2D eigenvalue weighted by atomic mass is 19.1. The molecule has 1 amide bonds. The molecule has 0 fully saturated rings. The summed E-state index contributed by atoms with van der Waals surface area (Å²) in [5, 5.41) is 24.2. The third-order valence-corrected chi connectivity index (χ3v) is 3.72. The standard InChI is InChI=1S/C16H17FN6O2/c1-10-15(24)14(20-18-10)16(25)22(2)8-13-9-23(21-19-13)7-11-3-5-12(17)6-4-11/h3-6,9,24H,7-8H2,1-2H3,(H,18,20). The number of H-pyrrole nitrogens is 1. The maximum Gasteiger partial charge on any atom is 0.275 e. The minimum atomic E-state index is -0.397. The van der Waals surface area contributed by atoms with Gasteiger partial charge in [0.15, 0.2) is 11.4 Å². The highest BCUT2D eigenvalue weighted by Crippen LogP contribution is 2.19. The van der Waals surface area contributed by atoms with E-state index in [1.165, 1.54) is 17.0 Å². The number of hydrogen-bond acceptors (Lipinski definition) is 5. The van der Waals surface area contributed by atoms with Gasteiger partial charge in [0.2, 0.25) is 0 Å². The van der Waals surface area contributed by atoms with Crippen LogP contribution in [0.4, 0.5) is 4.39 Å². The minimum Gasteiger partial charge on any atom is -0.504 e. The molecule has 0 unspecified atom stereocenters. The first-order chi connectivity index (χ1) is 11.9. The molecule has 9 heteroatoms. The highest BCUT2D eigenvalue weighted by Gasteiger charge is 2.20. The topological polar surface area (TPSA) is 99.9 Å². The highest BCUT2D eigenvalue weighted by molar-refractivity contribution is 5.94. The first-order valence-electron chi connectivity index (χ1n) is 7.57. The smallest absolute Gasteiger partial charge is 0.275 e. The fourth-order valence-corrected chi connectivity index (χ4v) is 2.35. The molecule has 8 nitrogen and oxygen atoms in total. The van der Waals surface area contributed by atoms with Gasteiger partial charge in [-0.05, 0) is 24.6 Å². The molecule has 0 spiro atoms. The van der Waals surface area contributed by atoms with Gasteiger partial charge in [-0.15, -0.1) is 5.10 Å². The zero-order valence-electron chi connectivity index (χ0n) is 13.8. The van der Waals surface area contributed by atoms with Crippen LogP contribution in [0, 0.1) is 12.7 Å². The molecule has 3 rings (SSSR count). The molecule has 0 bridgehead atoms. The lowest BCUT2D eigenvalue weighted by Gasteiger charge is -2.14. The number of carbonyl (C=O) groups excluding carboxylic acids is 1. The van der Waals surface area contributed by atoms with Crippen molar-refractivity contribution in [3.05, 3.63) is 58.9 Å². The van der Waals surface area contributed by atoms with Gasteiger partial charge in [0.1, 0.15) is 17.2 Å². The van der Waals surface area contributed by atoms with E-state index in [1.807, 2.05) is 0 Å². The Morgan fingerprint density at radius 1 is 1.36 bits per heavy atom.